The van der Waals surface area contributed by atoms with Gasteiger partial charge in [0.25, 0.3) is 0 Å². The fourth-order valence-electron chi connectivity index (χ4n) is 5.31. The van der Waals surface area contributed by atoms with Gasteiger partial charge < -0.3 is 36.8 Å². The van der Waals surface area contributed by atoms with Gasteiger partial charge in [0.05, 0.1) is 19.7 Å². The Morgan fingerprint density at radius 1 is 0.959 bits per heavy atom. The highest BCUT2D eigenvalue weighted by Gasteiger charge is 2.30. The van der Waals surface area contributed by atoms with Gasteiger partial charge in [-0.3, -0.25) is 24.0 Å². The number of phenols is 1. The van der Waals surface area contributed by atoms with Crippen molar-refractivity contribution in [2.24, 2.45) is 11.5 Å². The Kier molecular flexibility index (Phi) is 17.1. The van der Waals surface area contributed by atoms with Gasteiger partial charge in [0.1, 0.15) is 17.8 Å². The molecule has 0 bridgehead atoms. The van der Waals surface area contributed by atoms with Crippen molar-refractivity contribution in [2.75, 3.05) is 32.2 Å². The molecule has 4 amide bonds. The fraction of sp³-hybridized carbons (Fsp3) is 0.528. The number of unbranched alkanes of at least 4 members (excludes halogenated alkanes) is 2. The predicted molar refractivity (Wildman–Crippen MR) is 192 cm³/mol. The molecule has 0 fully saturated rings. The van der Waals surface area contributed by atoms with E-state index in [1.807, 2.05) is 63.4 Å². The van der Waals surface area contributed by atoms with Gasteiger partial charge in [-0.1, -0.05) is 69.7 Å². The van der Waals surface area contributed by atoms with Crippen molar-refractivity contribution in [3.63, 3.8) is 0 Å². The Morgan fingerprint density at radius 3 is 2.27 bits per heavy atom. The van der Waals surface area contributed by atoms with E-state index in [4.69, 9.17) is 11.5 Å². The third-order valence-electron chi connectivity index (χ3n) is 8.12. The van der Waals surface area contributed by atoms with Crippen molar-refractivity contribution < 1.29 is 33.8 Å². The van der Waals surface area contributed by atoms with Crippen LogP contribution in [-0.4, -0.2) is 89.9 Å². The zero-order valence-corrected chi connectivity index (χ0v) is 30.1. The number of nitrogens with one attached hydrogen (secondary N) is 2. The summed E-state index contributed by atoms with van der Waals surface area (Å²) in [5.74, 6) is -1.86. The molecule has 0 unspecified atom stereocenters. The maximum Gasteiger partial charge on any atom is 0.305 e. The molecule has 0 aliphatic rings. The average Bonchev–Trinajstić information content (AvgIpc) is 3.06. The predicted octanol–water partition coefficient (Wildman–Crippen LogP) is 2.57. The molecular formula is C36H53N5O7S. The van der Waals surface area contributed by atoms with Gasteiger partial charge in [-0.2, -0.15) is 11.8 Å². The first-order valence-corrected chi connectivity index (χ1v) is 17.9. The zero-order chi connectivity index (χ0) is 36.6. The highest BCUT2D eigenvalue weighted by Crippen LogP contribution is 2.31. The lowest BCUT2D eigenvalue weighted by Gasteiger charge is -2.30. The van der Waals surface area contributed by atoms with Crippen LogP contribution in [0.25, 0.3) is 0 Å². The third kappa shape index (κ3) is 14.1. The quantitative estimate of drug-likeness (QED) is 0.102. The number of phenolic OH excluding ortho intramolecular Hbond substituents is 1. The van der Waals surface area contributed by atoms with Crippen LogP contribution < -0.4 is 22.1 Å². The maximum absolute atomic E-state index is 13.6. The largest absolute Gasteiger partial charge is 0.508 e. The lowest BCUT2D eigenvalue weighted by molar-refractivity contribution is -0.141. The number of methoxy groups -OCH3 is 1. The van der Waals surface area contributed by atoms with Crippen molar-refractivity contribution in [2.45, 2.75) is 89.3 Å². The molecule has 0 spiro atoms. The molecule has 12 nitrogen and oxygen atoms in total. The van der Waals surface area contributed by atoms with Crippen LogP contribution >= 0.6 is 11.8 Å². The maximum atomic E-state index is 13.6. The van der Waals surface area contributed by atoms with Gasteiger partial charge in [0.2, 0.25) is 23.6 Å². The monoisotopic (exact) mass is 699 g/mol. The molecule has 0 saturated heterocycles. The van der Waals surface area contributed by atoms with Crippen molar-refractivity contribution in [1.29, 1.82) is 0 Å². The van der Waals surface area contributed by atoms with E-state index >= 15 is 0 Å². The number of hydrogen-bond donors (Lipinski definition) is 5. The van der Waals surface area contributed by atoms with Gasteiger partial charge >= 0.3 is 5.97 Å². The van der Waals surface area contributed by atoms with E-state index in [2.05, 4.69) is 15.4 Å². The Labute approximate surface area is 294 Å². The highest BCUT2D eigenvalue weighted by molar-refractivity contribution is 7.98. The molecule has 3 atom stereocenters. The van der Waals surface area contributed by atoms with Crippen molar-refractivity contribution >= 4 is 41.4 Å². The topological polar surface area (TPSA) is 194 Å². The van der Waals surface area contributed by atoms with Crippen LogP contribution in [-0.2, 0) is 47.0 Å². The second-order valence-electron chi connectivity index (χ2n) is 13.1. The first kappa shape index (κ1) is 41.1. The normalized spacial score (nSPS) is 13.1. The molecule has 49 heavy (non-hydrogen) atoms. The molecule has 0 saturated carbocycles. The van der Waals surface area contributed by atoms with Crippen molar-refractivity contribution in [1.82, 2.24) is 15.5 Å². The van der Waals surface area contributed by atoms with Crippen LogP contribution in [0.5, 0.6) is 5.75 Å². The SMILES string of the molecule is COC(=O)CCCCCN(C(=O)CNC(=O)[C@@H](CCSC)NC(=O)[C@@H](N)Cc1ccc(O)c(C(C)(C)C)c1)[C@@H](Cc1ccccc1)C(N)=O. The molecule has 0 heterocycles. The Morgan fingerprint density at radius 2 is 1.65 bits per heavy atom. The van der Waals surface area contributed by atoms with E-state index in [-0.39, 0.29) is 42.9 Å². The molecule has 0 aliphatic carbocycles. The average molecular weight is 700 g/mol. The summed E-state index contributed by atoms with van der Waals surface area (Å²) in [7, 11) is 1.32. The minimum absolute atomic E-state index is 0.164. The van der Waals surface area contributed by atoms with Crippen LogP contribution in [0.3, 0.4) is 0 Å². The first-order chi connectivity index (χ1) is 23.2. The molecule has 270 valence electrons. The number of aromatic hydroxyl groups is 1. The van der Waals surface area contributed by atoms with Gasteiger partial charge in [-0.25, -0.2) is 0 Å². The van der Waals surface area contributed by atoms with Crippen LogP contribution in [0.15, 0.2) is 48.5 Å². The molecule has 13 heteroatoms. The molecule has 7 N–H and O–H groups in total. The second-order valence-corrected chi connectivity index (χ2v) is 14.0. The summed E-state index contributed by atoms with van der Waals surface area (Å²) < 4.78 is 4.69. The number of amides is 4. The van der Waals surface area contributed by atoms with Gasteiger partial charge in [-0.15, -0.1) is 0 Å². The van der Waals surface area contributed by atoms with E-state index in [0.717, 1.165) is 16.7 Å². The van der Waals surface area contributed by atoms with E-state index in [1.54, 1.807) is 12.1 Å². The summed E-state index contributed by atoms with van der Waals surface area (Å²) in [5.41, 5.74) is 14.1. The van der Waals surface area contributed by atoms with Crippen LogP contribution in [0.4, 0.5) is 0 Å². The Balaban J connectivity index is 2.13. The van der Waals surface area contributed by atoms with Crippen molar-refractivity contribution in [3.05, 3.63) is 65.2 Å². The molecule has 2 rings (SSSR count). The number of carbonyl (C=O) groups is 5. The number of primary amides is 1. The van der Waals surface area contributed by atoms with E-state index in [0.29, 0.717) is 31.4 Å². The summed E-state index contributed by atoms with van der Waals surface area (Å²) >= 11 is 1.50. The number of carbonyl (C=O) groups excluding carboxylic acids is 5. The number of hydrogen-bond acceptors (Lipinski definition) is 9. The van der Waals surface area contributed by atoms with Gasteiger partial charge in [0, 0.05) is 19.4 Å². The van der Waals surface area contributed by atoms with E-state index < -0.39 is 48.3 Å². The molecule has 2 aromatic rings. The summed E-state index contributed by atoms with van der Waals surface area (Å²) in [6.07, 6.45) is 4.46. The number of nitrogens with two attached hydrogens (primary N) is 2. The minimum Gasteiger partial charge on any atom is -0.508 e. The molecular weight excluding hydrogens is 646 g/mol. The number of thioether (sulfide) groups is 1. The van der Waals surface area contributed by atoms with Gasteiger partial charge in [-0.05, 0) is 65.9 Å². The Bertz CT molecular complexity index is 1400. The number of rotatable bonds is 20. The third-order valence-corrected chi connectivity index (χ3v) is 8.77. The molecule has 0 aliphatic heterocycles. The van der Waals surface area contributed by atoms with Crippen LogP contribution in [0, 0.1) is 0 Å². The first-order valence-electron chi connectivity index (χ1n) is 16.5. The minimum atomic E-state index is -0.965. The zero-order valence-electron chi connectivity index (χ0n) is 29.3. The number of nitrogens with zero attached hydrogens (tertiary/aromatic N) is 1. The highest BCUT2D eigenvalue weighted by atomic mass is 32.2. The summed E-state index contributed by atoms with van der Waals surface area (Å²) in [6.45, 7) is 5.69. The van der Waals surface area contributed by atoms with Crippen LogP contribution in [0.1, 0.15) is 69.6 Å². The lowest BCUT2D eigenvalue weighted by atomic mass is 9.85. The Hall–Kier alpha value is -4.10. The van der Waals surface area contributed by atoms with Gasteiger partial charge in [0.15, 0.2) is 0 Å². The summed E-state index contributed by atoms with van der Waals surface area (Å²) in [4.78, 5) is 65.6. The fourth-order valence-corrected chi connectivity index (χ4v) is 5.79. The van der Waals surface area contributed by atoms with E-state index in [9.17, 15) is 29.1 Å². The van der Waals surface area contributed by atoms with Crippen LogP contribution in [0.2, 0.25) is 0 Å². The number of benzene rings is 2. The molecule has 0 aromatic heterocycles. The van der Waals surface area contributed by atoms with Crippen molar-refractivity contribution in [3.8, 4) is 5.75 Å². The summed E-state index contributed by atoms with van der Waals surface area (Å²) in [5, 5.41) is 15.7. The second kappa shape index (κ2) is 20.4. The lowest BCUT2D eigenvalue weighted by Crippen LogP contribution is -2.55. The smallest absolute Gasteiger partial charge is 0.305 e. The number of ether oxygens (including phenoxy) is 1. The standard InChI is InChI=1S/C36H53N5O7S/c1-36(2,3)26-20-25(15-16-30(26)42)21-27(37)34(46)40-28(17-19-49-5)35(47)39-23-31(43)41(18-11-7-10-14-32(44)48-4)29(33(38)45)22-24-12-8-6-9-13-24/h6,8-9,12-13,15-16,20,27-29,42H,7,10-11,14,17-19,21-23,37H2,1-5H3,(H2,38,45)(H,39,47)(H,40,46)/t27-,28+,29-/m0/s1. The van der Waals surface area contributed by atoms with E-state index in [1.165, 1.54) is 23.8 Å². The summed E-state index contributed by atoms with van der Waals surface area (Å²) in [6, 6.07) is 11.4. The molecule has 2 aromatic carbocycles. The molecule has 0 radical (unpaired) electrons. The number of esters is 1.